The van der Waals surface area contributed by atoms with Gasteiger partial charge < -0.3 is 5.32 Å². The molecule has 0 radical (unpaired) electrons. The lowest BCUT2D eigenvalue weighted by atomic mass is 10.2. The zero-order chi connectivity index (χ0) is 12.1. The summed E-state index contributed by atoms with van der Waals surface area (Å²) in [4.78, 5) is 15.0. The molecule has 17 heavy (non-hydrogen) atoms. The number of carbonyl (C=O) groups is 1. The quantitative estimate of drug-likeness (QED) is 0.806. The van der Waals surface area contributed by atoms with Gasteiger partial charge >= 0.3 is 0 Å². The van der Waals surface area contributed by atoms with E-state index in [1.807, 2.05) is 24.3 Å². The number of hydrogen-bond donors (Lipinski definition) is 1. The minimum absolute atomic E-state index is 0.220. The van der Waals surface area contributed by atoms with Crippen LogP contribution in [0.25, 0.3) is 0 Å². The van der Waals surface area contributed by atoms with Gasteiger partial charge in [-0.05, 0) is 23.8 Å². The molecule has 0 fully saturated rings. The van der Waals surface area contributed by atoms with E-state index >= 15 is 0 Å². The Morgan fingerprint density at radius 1 is 1.53 bits per heavy atom. The van der Waals surface area contributed by atoms with Crippen molar-refractivity contribution < 1.29 is 4.79 Å². The summed E-state index contributed by atoms with van der Waals surface area (Å²) >= 11 is 0. The molecule has 1 N–H and O–H groups in total. The molecule has 1 aromatic heterocycles. The Kier molecular flexibility index (Phi) is 3.30. The topological polar surface area (TPSA) is 59.8 Å². The van der Waals surface area contributed by atoms with E-state index in [9.17, 15) is 4.79 Å². The van der Waals surface area contributed by atoms with Crippen LogP contribution in [0.2, 0.25) is 0 Å². The summed E-state index contributed by atoms with van der Waals surface area (Å²) in [7, 11) is 0. The van der Waals surface area contributed by atoms with Crippen LogP contribution in [0.15, 0.2) is 49.6 Å². The molecule has 0 aliphatic rings. The number of amides is 1. The second-order valence-electron chi connectivity index (χ2n) is 3.49. The van der Waals surface area contributed by atoms with E-state index in [2.05, 4.69) is 22.0 Å². The average Bonchev–Trinajstić information content (AvgIpc) is 2.82. The minimum atomic E-state index is -0.220. The third kappa shape index (κ3) is 3.01. The van der Waals surface area contributed by atoms with Crippen LogP contribution in [0, 0.1) is 0 Å². The molecule has 0 aliphatic heterocycles. The highest BCUT2D eigenvalue weighted by Gasteiger charge is 2.00. The zero-order valence-corrected chi connectivity index (χ0v) is 9.21. The molecule has 5 heteroatoms. The summed E-state index contributed by atoms with van der Waals surface area (Å²) in [5.74, 6) is -0.220. The third-order valence-corrected chi connectivity index (χ3v) is 2.19. The monoisotopic (exact) mass is 228 g/mol. The number of carbonyl (C=O) groups excluding carboxylic acids is 1. The van der Waals surface area contributed by atoms with Crippen LogP contribution in [-0.4, -0.2) is 20.7 Å². The van der Waals surface area contributed by atoms with Crippen molar-refractivity contribution in [2.45, 2.75) is 6.54 Å². The smallest absolute Gasteiger partial charge is 0.247 e. The fourth-order valence-electron chi connectivity index (χ4n) is 1.44. The molecule has 1 amide bonds. The highest BCUT2D eigenvalue weighted by molar-refractivity contribution is 5.98. The van der Waals surface area contributed by atoms with Crippen molar-refractivity contribution in [3.05, 3.63) is 55.1 Å². The number of anilines is 1. The van der Waals surface area contributed by atoms with Gasteiger partial charge in [0.15, 0.2) is 0 Å². The largest absolute Gasteiger partial charge is 0.323 e. The van der Waals surface area contributed by atoms with Crippen molar-refractivity contribution in [1.29, 1.82) is 0 Å². The molecule has 1 heterocycles. The van der Waals surface area contributed by atoms with E-state index < -0.39 is 0 Å². The number of benzene rings is 1. The van der Waals surface area contributed by atoms with E-state index in [0.717, 1.165) is 11.3 Å². The molecule has 0 atom stereocenters. The number of aromatic nitrogens is 3. The van der Waals surface area contributed by atoms with Crippen LogP contribution in [0.1, 0.15) is 5.56 Å². The lowest BCUT2D eigenvalue weighted by Gasteiger charge is -2.05. The Morgan fingerprint density at radius 3 is 3.12 bits per heavy atom. The van der Waals surface area contributed by atoms with Gasteiger partial charge in [0, 0.05) is 5.69 Å². The molecule has 0 saturated carbocycles. The molecule has 2 rings (SSSR count). The first kappa shape index (κ1) is 11.1. The Labute approximate surface area is 98.8 Å². The maximum Gasteiger partial charge on any atom is 0.247 e. The Morgan fingerprint density at radius 2 is 2.41 bits per heavy atom. The van der Waals surface area contributed by atoms with Crippen LogP contribution >= 0.6 is 0 Å². The fraction of sp³-hybridized carbons (Fsp3) is 0.0833. The summed E-state index contributed by atoms with van der Waals surface area (Å²) in [5.41, 5.74) is 1.78. The predicted molar refractivity (Wildman–Crippen MR) is 64.4 cm³/mol. The van der Waals surface area contributed by atoms with E-state index in [4.69, 9.17) is 0 Å². The summed E-state index contributed by atoms with van der Waals surface area (Å²) in [6, 6.07) is 7.56. The van der Waals surface area contributed by atoms with Gasteiger partial charge in [-0.2, -0.15) is 5.10 Å². The molecule has 0 spiro atoms. The Bertz CT molecular complexity index is 519. The minimum Gasteiger partial charge on any atom is -0.323 e. The van der Waals surface area contributed by atoms with E-state index in [0.29, 0.717) is 6.54 Å². The van der Waals surface area contributed by atoms with Crippen molar-refractivity contribution in [3.63, 3.8) is 0 Å². The number of rotatable bonds is 4. The normalized spacial score (nSPS) is 9.88. The van der Waals surface area contributed by atoms with Crippen molar-refractivity contribution in [2.24, 2.45) is 0 Å². The fourth-order valence-corrected chi connectivity index (χ4v) is 1.44. The van der Waals surface area contributed by atoms with Gasteiger partial charge in [-0.25, -0.2) is 9.67 Å². The lowest BCUT2D eigenvalue weighted by Crippen LogP contribution is -2.08. The van der Waals surface area contributed by atoms with E-state index in [1.54, 1.807) is 11.0 Å². The van der Waals surface area contributed by atoms with Gasteiger partial charge in [-0.1, -0.05) is 18.7 Å². The molecule has 0 unspecified atom stereocenters. The van der Waals surface area contributed by atoms with Crippen molar-refractivity contribution in [2.75, 3.05) is 5.32 Å². The number of hydrogen-bond acceptors (Lipinski definition) is 3. The van der Waals surface area contributed by atoms with Crippen LogP contribution < -0.4 is 5.32 Å². The maximum atomic E-state index is 11.2. The predicted octanol–water partition coefficient (Wildman–Crippen LogP) is 1.45. The first-order valence-electron chi connectivity index (χ1n) is 5.12. The first-order valence-corrected chi connectivity index (χ1v) is 5.12. The van der Waals surface area contributed by atoms with Crippen LogP contribution in [0.4, 0.5) is 5.69 Å². The SMILES string of the molecule is C=CC(=O)Nc1cccc(Cn2cncn2)c1. The van der Waals surface area contributed by atoms with Crippen molar-refractivity contribution in [3.8, 4) is 0 Å². The molecule has 0 bridgehead atoms. The molecule has 2 aromatic rings. The molecular formula is C12H12N4O. The summed E-state index contributed by atoms with van der Waals surface area (Å²) in [6.07, 6.45) is 4.38. The third-order valence-electron chi connectivity index (χ3n) is 2.19. The standard InChI is InChI=1S/C12H12N4O/c1-2-12(17)15-11-5-3-4-10(6-11)7-16-9-13-8-14-16/h2-6,8-9H,1,7H2,(H,15,17). The first-order chi connectivity index (χ1) is 8.28. The molecule has 5 nitrogen and oxygen atoms in total. The zero-order valence-electron chi connectivity index (χ0n) is 9.21. The van der Waals surface area contributed by atoms with Gasteiger partial charge in [0.05, 0.1) is 6.54 Å². The number of nitrogens with one attached hydrogen (secondary N) is 1. The average molecular weight is 228 g/mol. The second kappa shape index (κ2) is 5.07. The molecule has 1 aromatic carbocycles. The highest BCUT2D eigenvalue weighted by atomic mass is 16.1. The van der Waals surface area contributed by atoms with Crippen molar-refractivity contribution in [1.82, 2.24) is 14.8 Å². The summed E-state index contributed by atoms with van der Waals surface area (Å²) in [6.45, 7) is 4.03. The second-order valence-corrected chi connectivity index (χ2v) is 3.49. The molecule has 0 saturated heterocycles. The van der Waals surface area contributed by atoms with Gasteiger partial charge in [0.2, 0.25) is 5.91 Å². The Balaban J connectivity index is 2.11. The summed E-state index contributed by atoms with van der Waals surface area (Å²) in [5, 5.41) is 6.73. The van der Waals surface area contributed by atoms with Gasteiger partial charge in [-0.3, -0.25) is 4.79 Å². The Hall–Kier alpha value is -2.43. The van der Waals surface area contributed by atoms with Gasteiger partial charge in [-0.15, -0.1) is 0 Å². The molecule has 0 aliphatic carbocycles. The maximum absolute atomic E-state index is 11.2. The van der Waals surface area contributed by atoms with Crippen molar-refractivity contribution >= 4 is 11.6 Å². The van der Waals surface area contributed by atoms with Crippen LogP contribution in [0.5, 0.6) is 0 Å². The van der Waals surface area contributed by atoms with Crippen LogP contribution in [0.3, 0.4) is 0 Å². The van der Waals surface area contributed by atoms with Gasteiger partial charge in [0.25, 0.3) is 0 Å². The van der Waals surface area contributed by atoms with Crippen LogP contribution in [-0.2, 0) is 11.3 Å². The van der Waals surface area contributed by atoms with E-state index in [1.165, 1.54) is 12.4 Å². The van der Waals surface area contributed by atoms with E-state index in [-0.39, 0.29) is 5.91 Å². The number of nitrogens with zero attached hydrogens (tertiary/aromatic N) is 3. The molecule has 86 valence electrons. The lowest BCUT2D eigenvalue weighted by molar-refractivity contribution is -0.111. The summed E-state index contributed by atoms with van der Waals surface area (Å²) < 4.78 is 1.72. The molecular weight excluding hydrogens is 216 g/mol. The highest BCUT2D eigenvalue weighted by Crippen LogP contribution is 2.11. The van der Waals surface area contributed by atoms with Gasteiger partial charge in [0.1, 0.15) is 12.7 Å².